The number of sulfonamides is 1. The first-order valence-corrected chi connectivity index (χ1v) is 8.34. The molecule has 2 atom stereocenters. The van der Waals surface area contributed by atoms with Gasteiger partial charge in [0.05, 0.1) is 5.02 Å². The normalized spacial score (nSPS) is 22.6. The molecular formula is C12H19ClN4O2S. The highest BCUT2D eigenvalue weighted by Crippen LogP contribution is 2.29. The van der Waals surface area contributed by atoms with Crippen LogP contribution in [0.4, 0.5) is 5.82 Å². The number of pyridine rings is 1. The van der Waals surface area contributed by atoms with Gasteiger partial charge in [0.25, 0.3) is 0 Å². The average molecular weight is 319 g/mol. The number of nitrogen functional groups attached to an aromatic ring is 1. The predicted octanol–water partition coefficient (Wildman–Crippen LogP) is 1.21. The first kappa shape index (κ1) is 15.5. The molecule has 0 spiro atoms. The van der Waals surface area contributed by atoms with Gasteiger partial charge in [-0.2, -0.15) is 4.31 Å². The molecule has 2 heterocycles. The van der Waals surface area contributed by atoms with Crippen molar-refractivity contribution in [3.05, 3.63) is 17.3 Å². The topological polar surface area (TPSA) is 102 Å². The van der Waals surface area contributed by atoms with Gasteiger partial charge in [0.1, 0.15) is 10.7 Å². The summed E-state index contributed by atoms with van der Waals surface area (Å²) in [5, 5.41) is 0.243. The number of piperidine rings is 1. The van der Waals surface area contributed by atoms with Gasteiger partial charge in [-0.05, 0) is 25.8 Å². The molecule has 1 aromatic heterocycles. The SMILES string of the molecule is C[C@@H](N)[C@H]1CCCCN1S(=O)(=O)c1cc(Cl)cnc1N. The fraction of sp³-hybridized carbons (Fsp3) is 0.583. The lowest BCUT2D eigenvalue weighted by Gasteiger charge is -2.36. The summed E-state index contributed by atoms with van der Waals surface area (Å²) in [5.41, 5.74) is 11.6. The Morgan fingerprint density at radius 1 is 1.50 bits per heavy atom. The lowest BCUT2D eigenvalue weighted by Crippen LogP contribution is -2.51. The first-order valence-electron chi connectivity index (χ1n) is 6.52. The van der Waals surface area contributed by atoms with Crippen molar-refractivity contribution in [3.63, 3.8) is 0 Å². The highest BCUT2D eigenvalue weighted by atomic mass is 35.5. The van der Waals surface area contributed by atoms with Crippen molar-refractivity contribution in [2.75, 3.05) is 12.3 Å². The molecular weight excluding hydrogens is 300 g/mol. The maximum absolute atomic E-state index is 12.8. The van der Waals surface area contributed by atoms with Gasteiger partial charge in [0.2, 0.25) is 10.0 Å². The van der Waals surface area contributed by atoms with E-state index in [-0.39, 0.29) is 27.8 Å². The smallest absolute Gasteiger partial charge is 0.247 e. The average Bonchev–Trinajstić information content (AvgIpc) is 2.41. The maximum atomic E-state index is 12.8. The molecule has 112 valence electrons. The van der Waals surface area contributed by atoms with Crippen LogP contribution in [0.15, 0.2) is 17.2 Å². The molecule has 0 bridgehead atoms. The van der Waals surface area contributed by atoms with Crippen LogP contribution in [-0.2, 0) is 10.0 Å². The summed E-state index contributed by atoms with van der Waals surface area (Å²) < 4.78 is 27.0. The largest absolute Gasteiger partial charge is 0.383 e. The van der Waals surface area contributed by atoms with Gasteiger partial charge in [-0.3, -0.25) is 0 Å². The number of aromatic nitrogens is 1. The second-order valence-electron chi connectivity index (χ2n) is 5.07. The monoisotopic (exact) mass is 318 g/mol. The van der Waals surface area contributed by atoms with E-state index in [0.717, 1.165) is 19.3 Å². The van der Waals surface area contributed by atoms with E-state index in [4.69, 9.17) is 23.1 Å². The van der Waals surface area contributed by atoms with Crippen molar-refractivity contribution in [2.24, 2.45) is 5.73 Å². The number of hydrogen-bond acceptors (Lipinski definition) is 5. The fourth-order valence-electron chi connectivity index (χ4n) is 2.52. The number of nitrogens with zero attached hydrogens (tertiary/aromatic N) is 2. The zero-order chi connectivity index (χ0) is 14.9. The minimum atomic E-state index is -3.73. The zero-order valence-corrected chi connectivity index (χ0v) is 12.9. The van der Waals surface area contributed by atoms with E-state index in [1.54, 1.807) is 0 Å². The van der Waals surface area contributed by atoms with E-state index in [1.807, 2.05) is 6.92 Å². The van der Waals surface area contributed by atoms with Crippen molar-refractivity contribution < 1.29 is 8.42 Å². The molecule has 0 aliphatic carbocycles. The Hall–Kier alpha value is -0.890. The summed E-state index contributed by atoms with van der Waals surface area (Å²) in [5.74, 6) is -0.0385. The van der Waals surface area contributed by atoms with Gasteiger partial charge in [-0.1, -0.05) is 18.0 Å². The van der Waals surface area contributed by atoms with Crippen LogP contribution in [-0.4, -0.2) is 36.3 Å². The van der Waals surface area contributed by atoms with E-state index in [9.17, 15) is 8.42 Å². The molecule has 4 N–H and O–H groups in total. The Bertz CT molecular complexity index is 591. The summed E-state index contributed by atoms with van der Waals surface area (Å²) in [6, 6.07) is 0.886. The van der Waals surface area contributed by atoms with Gasteiger partial charge >= 0.3 is 0 Å². The third-order valence-corrected chi connectivity index (χ3v) is 5.70. The lowest BCUT2D eigenvalue weighted by molar-refractivity contribution is 0.227. The third kappa shape index (κ3) is 2.90. The van der Waals surface area contributed by atoms with Crippen molar-refractivity contribution >= 4 is 27.4 Å². The molecule has 0 aromatic carbocycles. The quantitative estimate of drug-likeness (QED) is 0.872. The van der Waals surface area contributed by atoms with Gasteiger partial charge in [0.15, 0.2) is 0 Å². The summed E-state index contributed by atoms with van der Waals surface area (Å²) in [7, 11) is -3.73. The molecule has 6 nitrogen and oxygen atoms in total. The van der Waals surface area contributed by atoms with Crippen molar-refractivity contribution in [1.82, 2.24) is 9.29 Å². The van der Waals surface area contributed by atoms with Crippen LogP contribution in [0.5, 0.6) is 0 Å². The van der Waals surface area contributed by atoms with Crippen LogP contribution >= 0.6 is 11.6 Å². The van der Waals surface area contributed by atoms with E-state index < -0.39 is 10.0 Å². The van der Waals surface area contributed by atoms with Gasteiger partial charge in [-0.15, -0.1) is 0 Å². The second-order valence-corrected chi connectivity index (χ2v) is 7.37. The highest BCUT2D eigenvalue weighted by molar-refractivity contribution is 7.89. The molecule has 8 heteroatoms. The molecule has 20 heavy (non-hydrogen) atoms. The van der Waals surface area contributed by atoms with Crippen LogP contribution < -0.4 is 11.5 Å². The lowest BCUT2D eigenvalue weighted by atomic mass is 10.00. The number of nitrogens with two attached hydrogens (primary N) is 2. The molecule has 1 saturated heterocycles. The summed E-state index contributed by atoms with van der Waals surface area (Å²) in [6.07, 6.45) is 3.87. The Kier molecular flexibility index (Phi) is 4.53. The number of hydrogen-bond donors (Lipinski definition) is 2. The molecule has 1 aliphatic heterocycles. The standard InChI is InChI=1S/C12H19ClN4O2S/c1-8(14)10-4-2-3-5-17(10)20(18,19)11-6-9(13)7-16-12(11)15/h6-8,10H,2-5,14H2,1H3,(H2,15,16)/t8-,10-/m1/s1. The van der Waals surface area contributed by atoms with Crippen molar-refractivity contribution in [1.29, 1.82) is 0 Å². The maximum Gasteiger partial charge on any atom is 0.247 e. The minimum Gasteiger partial charge on any atom is -0.383 e. The Labute approximate surface area is 124 Å². The molecule has 0 amide bonds. The molecule has 1 aromatic rings. The number of halogens is 1. The van der Waals surface area contributed by atoms with E-state index in [0.29, 0.717) is 6.54 Å². The van der Waals surface area contributed by atoms with Gasteiger partial charge < -0.3 is 11.5 Å². The van der Waals surface area contributed by atoms with Crippen LogP contribution in [0, 0.1) is 0 Å². The van der Waals surface area contributed by atoms with Crippen molar-refractivity contribution in [2.45, 2.75) is 43.2 Å². The molecule has 2 rings (SSSR count). The van der Waals surface area contributed by atoms with Crippen LogP contribution in [0.25, 0.3) is 0 Å². The summed E-state index contributed by atoms with van der Waals surface area (Å²) >= 11 is 5.84. The second kappa shape index (κ2) is 5.85. The Morgan fingerprint density at radius 2 is 2.20 bits per heavy atom. The van der Waals surface area contributed by atoms with E-state index >= 15 is 0 Å². The summed E-state index contributed by atoms with van der Waals surface area (Å²) in [6.45, 7) is 2.26. The molecule has 0 saturated carbocycles. The number of rotatable bonds is 3. The van der Waals surface area contributed by atoms with Crippen LogP contribution in [0.3, 0.4) is 0 Å². The molecule has 1 aliphatic rings. The van der Waals surface area contributed by atoms with E-state index in [2.05, 4.69) is 4.98 Å². The van der Waals surface area contributed by atoms with Crippen LogP contribution in [0.2, 0.25) is 5.02 Å². The van der Waals surface area contributed by atoms with Crippen molar-refractivity contribution in [3.8, 4) is 0 Å². The predicted molar refractivity (Wildman–Crippen MR) is 78.8 cm³/mol. The molecule has 0 radical (unpaired) electrons. The molecule has 0 unspecified atom stereocenters. The highest BCUT2D eigenvalue weighted by Gasteiger charge is 2.36. The zero-order valence-electron chi connectivity index (χ0n) is 11.3. The molecule has 1 fully saturated rings. The van der Waals surface area contributed by atoms with E-state index in [1.165, 1.54) is 16.6 Å². The fourth-order valence-corrected chi connectivity index (χ4v) is 4.61. The Balaban J connectivity index is 2.45. The Morgan fingerprint density at radius 3 is 2.85 bits per heavy atom. The summed E-state index contributed by atoms with van der Waals surface area (Å²) in [4.78, 5) is 3.77. The van der Waals surface area contributed by atoms with Gasteiger partial charge in [0, 0.05) is 24.8 Å². The minimum absolute atomic E-state index is 0.0385. The van der Waals surface area contributed by atoms with Crippen LogP contribution in [0.1, 0.15) is 26.2 Å². The third-order valence-electron chi connectivity index (χ3n) is 3.54. The van der Waals surface area contributed by atoms with Gasteiger partial charge in [-0.25, -0.2) is 13.4 Å². The number of anilines is 1. The first-order chi connectivity index (χ1) is 9.34.